The van der Waals surface area contributed by atoms with Crippen LogP contribution in [0.2, 0.25) is 0 Å². The number of rotatable bonds is 9. The van der Waals surface area contributed by atoms with Gasteiger partial charge in [-0.1, -0.05) is 60.7 Å². The molecule has 0 radical (unpaired) electrons. The molecular formula is C25H30O6. The van der Waals surface area contributed by atoms with E-state index in [9.17, 15) is 14.4 Å². The van der Waals surface area contributed by atoms with Crippen molar-refractivity contribution in [2.45, 2.75) is 52.2 Å². The highest BCUT2D eigenvalue weighted by Gasteiger charge is 2.50. The van der Waals surface area contributed by atoms with Crippen LogP contribution in [-0.2, 0) is 41.6 Å². The lowest BCUT2D eigenvalue weighted by atomic mass is 9.77. The summed E-state index contributed by atoms with van der Waals surface area (Å²) in [6.45, 7) is 5.30. The van der Waals surface area contributed by atoms with Crippen LogP contribution in [-0.4, -0.2) is 30.6 Å². The Morgan fingerprint density at radius 2 is 1.35 bits per heavy atom. The van der Waals surface area contributed by atoms with E-state index in [1.165, 1.54) is 7.11 Å². The van der Waals surface area contributed by atoms with Gasteiger partial charge in [0.15, 0.2) is 5.41 Å². The summed E-state index contributed by atoms with van der Waals surface area (Å²) >= 11 is 0. The maximum atomic E-state index is 13.2. The topological polar surface area (TPSA) is 78.9 Å². The molecule has 0 aliphatic carbocycles. The van der Waals surface area contributed by atoms with Crippen molar-refractivity contribution >= 4 is 17.9 Å². The van der Waals surface area contributed by atoms with E-state index in [4.69, 9.17) is 14.2 Å². The second kappa shape index (κ2) is 10.8. The van der Waals surface area contributed by atoms with Crippen molar-refractivity contribution in [2.75, 3.05) is 7.11 Å². The van der Waals surface area contributed by atoms with E-state index in [1.54, 1.807) is 20.8 Å². The molecule has 31 heavy (non-hydrogen) atoms. The van der Waals surface area contributed by atoms with Crippen molar-refractivity contribution in [3.63, 3.8) is 0 Å². The minimum absolute atomic E-state index is 0.0569. The van der Waals surface area contributed by atoms with Crippen molar-refractivity contribution in [1.82, 2.24) is 0 Å². The fourth-order valence-corrected chi connectivity index (χ4v) is 3.16. The smallest absolute Gasteiger partial charge is 0.324 e. The molecule has 1 unspecified atom stereocenters. The molecule has 0 fully saturated rings. The highest BCUT2D eigenvalue weighted by Crippen LogP contribution is 2.34. The minimum Gasteiger partial charge on any atom is -0.468 e. The fraction of sp³-hybridized carbons (Fsp3) is 0.400. The molecule has 0 amide bonds. The molecule has 0 aliphatic rings. The second-order valence-corrected chi connectivity index (χ2v) is 8.38. The van der Waals surface area contributed by atoms with Gasteiger partial charge in [0.1, 0.15) is 12.2 Å². The summed E-state index contributed by atoms with van der Waals surface area (Å²) in [5.74, 6) is -1.96. The third-order valence-corrected chi connectivity index (χ3v) is 4.71. The molecule has 1 atom stereocenters. The Hall–Kier alpha value is -3.15. The zero-order valence-corrected chi connectivity index (χ0v) is 18.6. The molecule has 0 aromatic heterocycles. The van der Waals surface area contributed by atoms with Gasteiger partial charge in [0.05, 0.1) is 7.11 Å². The quantitative estimate of drug-likeness (QED) is 0.339. The van der Waals surface area contributed by atoms with Crippen LogP contribution >= 0.6 is 0 Å². The monoisotopic (exact) mass is 426 g/mol. The Morgan fingerprint density at radius 3 is 1.87 bits per heavy atom. The van der Waals surface area contributed by atoms with Crippen LogP contribution in [0.25, 0.3) is 0 Å². The van der Waals surface area contributed by atoms with E-state index >= 15 is 0 Å². The van der Waals surface area contributed by atoms with Crippen LogP contribution in [0.4, 0.5) is 0 Å². The first-order valence-corrected chi connectivity index (χ1v) is 10.2. The number of carbonyl (C=O) groups excluding carboxylic acids is 3. The number of esters is 3. The number of ether oxygens (including phenoxy) is 3. The number of methoxy groups -OCH3 is 1. The first kappa shape index (κ1) is 24.1. The van der Waals surface area contributed by atoms with Crippen molar-refractivity contribution in [3.8, 4) is 0 Å². The summed E-state index contributed by atoms with van der Waals surface area (Å²) < 4.78 is 15.9. The Balaban J connectivity index is 2.22. The summed E-state index contributed by atoms with van der Waals surface area (Å²) in [4.78, 5) is 38.5. The molecule has 6 heteroatoms. The van der Waals surface area contributed by atoms with Crippen LogP contribution in [0.15, 0.2) is 60.7 Å². The van der Waals surface area contributed by atoms with Crippen molar-refractivity contribution in [3.05, 3.63) is 71.8 Å². The molecule has 0 heterocycles. The predicted molar refractivity (Wildman–Crippen MR) is 116 cm³/mol. The molecule has 0 N–H and O–H groups in total. The Labute approximate surface area is 183 Å². The molecular weight excluding hydrogens is 396 g/mol. The van der Waals surface area contributed by atoms with Gasteiger partial charge in [0.25, 0.3) is 0 Å². The first-order chi connectivity index (χ1) is 14.7. The van der Waals surface area contributed by atoms with E-state index in [-0.39, 0.29) is 25.9 Å². The highest BCUT2D eigenvalue weighted by molar-refractivity contribution is 6.00. The van der Waals surface area contributed by atoms with Gasteiger partial charge < -0.3 is 14.2 Å². The van der Waals surface area contributed by atoms with E-state index in [0.29, 0.717) is 0 Å². The molecule has 0 aliphatic heterocycles. The molecule has 2 aromatic rings. The van der Waals surface area contributed by atoms with Crippen molar-refractivity contribution < 1.29 is 28.6 Å². The Bertz CT molecular complexity index is 870. The maximum absolute atomic E-state index is 13.2. The summed E-state index contributed by atoms with van der Waals surface area (Å²) in [6, 6.07) is 18.4. The van der Waals surface area contributed by atoms with Crippen LogP contribution < -0.4 is 0 Å². The van der Waals surface area contributed by atoms with Crippen LogP contribution in [0.1, 0.15) is 44.7 Å². The molecule has 2 aromatic carbocycles. The molecule has 6 nitrogen and oxygen atoms in total. The molecule has 0 saturated heterocycles. The first-order valence-electron chi connectivity index (χ1n) is 10.2. The maximum Gasteiger partial charge on any atom is 0.324 e. The minimum atomic E-state index is -1.66. The van der Waals surface area contributed by atoms with Gasteiger partial charge in [0.2, 0.25) is 0 Å². The largest absolute Gasteiger partial charge is 0.468 e. The van der Waals surface area contributed by atoms with Gasteiger partial charge in [0, 0.05) is 6.42 Å². The normalized spacial score (nSPS) is 13.0. The highest BCUT2D eigenvalue weighted by atomic mass is 16.6. The van der Waals surface area contributed by atoms with Gasteiger partial charge in [-0.3, -0.25) is 14.4 Å². The summed E-state index contributed by atoms with van der Waals surface area (Å²) in [5.41, 5.74) is -0.848. The van der Waals surface area contributed by atoms with Gasteiger partial charge in [-0.05, 0) is 44.7 Å². The van der Waals surface area contributed by atoms with Crippen LogP contribution in [0, 0.1) is 5.41 Å². The van der Waals surface area contributed by atoms with Gasteiger partial charge in [-0.15, -0.1) is 0 Å². The lowest BCUT2D eigenvalue weighted by Gasteiger charge is -2.32. The molecule has 0 bridgehead atoms. The van der Waals surface area contributed by atoms with Gasteiger partial charge in [-0.2, -0.15) is 0 Å². The van der Waals surface area contributed by atoms with E-state index in [1.807, 2.05) is 60.7 Å². The molecule has 0 saturated carbocycles. The van der Waals surface area contributed by atoms with E-state index in [0.717, 1.165) is 11.1 Å². The fourth-order valence-electron chi connectivity index (χ4n) is 3.16. The number of carbonyl (C=O) groups is 3. The van der Waals surface area contributed by atoms with E-state index in [2.05, 4.69) is 0 Å². The van der Waals surface area contributed by atoms with E-state index < -0.39 is 28.9 Å². The summed E-state index contributed by atoms with van der Waals surface area (Å²) in [6.07, 6.45) is -0.160. The lowest BCUT2D eigenvalue weighted by Crippen LogP contribution is -2.46. The van der Waals surface area contributed by atoms with Gasteiger partial charge >= 0.3 is 17.9 Å². The SMILES string of the molecule is COC(=O)C(CCC(=O)OCc1ccccc1)(Cc1ccccc1)C(=O)OC(C)(C)C. The van der Waals surface area contributed by atoms with Gasteiger partial charge in [-0.25, -0.2) is 0 Å². The average molecular weight is 427 g/mol. The average Bonchev–Trinajstić information content (AvgIpc) is 2.74. The molecule has 0 spiro atoms. The second-order valence-electron chi connectivity index (χ2n) is 8.38. The lowest BCUT2D eigenvalue weighted by molar-refractivity contribution is -0.179. The van der Waals surface area contributed by atoms with Crippen molar-refractivity contribution in [1.29, 1.82) is 0 Å². The summed E-state index contributed by atoms with van der Waals surface area (Å²) in [5, 5.41) is 0. The molecule has 166 valence electrons. The Kier molecular flexibility index (Phi) is 8.37. The summed E-state index contributed by atoms with van der Waals surface area (Å²) in [7, 11) is 1.22. The molecule has 2 rings (SSSR count). The third-order valence-electron chi connectivity index (χ3n) is 4.71. The standard InChI is InChI=1S/C25H30O6/c1-24(2,3)31-23(28)25(22(27)29-4,17-19-11-7-5-8-12-19)16-15-21(26)30-18-20-13-9-6-10-14-20/h5-14H,15-18H2,1-4H3. The Morgan fingerprint density at radius 1 is 0.806 bits per heavy atom. The third kappa shape index (κ3) is 7.24. The number of benzene rings is 2. The zero-order valence-electron chi connectivity index (χ0n) is 18.6. The number of hydrogen-bond acceptors (Lipinski definition) is 6. The predicted octanol–water partition coefficient (Wildman–Crippen LogP) is 4.25. The van der Waals surface area contributed by atoms with Crippen molar-refractivity contribution in [2.24, 2.45) is 5.41 Å². The van der Waals surface area contributed by atoms with Crippen LogP contribution in [0.3, 0.4) is 0 Å². The zero-order chi connectivity index (χ0) is 22.9. The number of hydrogen-bond donors (Lipinski definition) is 0. The van der Waals surface area contributed by atoms with Crippen LogP contribution in [0.5, 0.6) is 0 Å².